The molecule has 0 amide bonds. The van der Waals surface area contributed by atoms with Crippen LogP contribution in [0.1, 0.15) is 34.8 Å². The summed E-state index contributed by atoms with van der Waals surface area (Å²) in [4.78, 5) is 24.1. The van der Waals surface area contributed by atoms with E-state index in [4.69, 9.17) is 0 Å². The normalized spacial score (nSPS) is 11.7. The minimum atomic E-state index is -5.25. The average Bonchev–Trinajstić information content (AvgIpc) is 2.26. The molecule has 1 N–H and O–H groups in total. The summed E-state index contributed by atoms with van der Waals surface area (Å²) in [5.74, 6) is -1.61. The van der Waals surface area contributed by atoms with E-state index >= 15 is 0 Å². The Balaban J connectivity index is 3.65. The molecule has 0 aromatic carbocycles. The Morgan fingerprint density at radius 2 is 2.00 bits per heavy atom. The van der Waals surface area contributed by atoms with Crippen LogP contribution < -0.4 is 5.56 Å². The van der Waals surface area contributed by atoms with Gasteiger partial charge in [-0.15, -0.1) is 0 Å². The number of halogens is 5. The van der Waals surface area contributed by atoms with Gasteiger partial charge in [0.25, 0.3) is 12.0 Å². The van der Waals surface area contributed by atoms with Gasteiger partial charge in [-0.05, 0) is 6.92 Å². The largest absolute Gasteiger partial charge is 0.462 e. The van der Waals surface area contributed by atoms with Gasteiger partial charge in [-0.3, -0.25) is 4.79 Å². The van der Waals surface area contributed by atoms with Crippen molar-refractivity contribution in [3.05, 3.63) is 33.2 Å². The highest BCUT2D eigenvalue weighted by Gasteiger charge is 2.41. The van der Waals surface area contributed by atoms with Crippen molar-refractivity contribution in [2.75, 3.05) is 6.61 Å². The highest BCUT2D eigenvalue weighted by atomic mass is 19.4. The second kappa shape index (κ2) is 5.37. The summed E-state index contributed by atoms with van der Waals surface area (Å²) in [6, 6.07) is 0. The maximum atomic E-state index is 12.7. The van der Waals surface area contributed by atoms with E-state index in [1.54, 1.807) is 0 Å². The lowest BCUT2D eigenvalue weighted by Crippen LogP contribution is -2.28. The van der Waals surface area contributed by atoms with E-state index in [-0.39, 0.29) is 6.61 Å². The molecular weight excluding hydrogens is 277 g/mol. The fourth-order valence-electron chi connectivity index (χ4n) is 1.41. The zero-order valence-corrected chi connectivity index (χ0v) is 9.48. The third-order valence-corrected chi connectivity index (χ3v) is 2.12. The average molecular weight is 285 g/mol. The van der Waals surface area contributed by atoms with Crippen LogP contribution in [-0.2, 0) is 10.9 Å². The molecular formula is C10H8F5NO3. The van der Waals surface area contributed by atoms with Gasteiger partial charge in [-0.2, -0.15) is 13.2 Å². The number of alkyl halides is 5. The fourth-order valence-corrected chi connectivity index (χ4v) is 1.41. The molecule has 0 bridgehead atoms. The number of aromatic nitrogens is 1. The second-order valence-electron chi connectivity index (χ2n) is 3.34. The number of carbonyl (C=O) groups is 1. The smallest absolute Gasteiger partial charge is 0.422 e. The number of hydrogen-bond donors (Lipinski definition) is 1. The van der Waals surface area contributed by atoms with Gasteiger partial charge < -0.3 is 9.72 Å². The number of carbonyl (C=O) groups excluding carboxylic acids is 1. The molecule has 0 aliphatic carbocycles. The number of pyridine rings is 1. The van der Waals surface area contributed by atoms with Gasteiger partial charge in [0.05, 0.1) is 12.2 Å². The monoisotopic (exact) mass is 285 g/mol. The predicted molar refractivity (Wildman–Crippen MR) is 53.0 cm³/mol. The minimum absolute atomic E-state index is 0.314. The van der Waals surface area contributed by atoms with Gasteiger partial charge in [-0.1, -0.05) is 0 Å². The molecule has 1 rings (SSSR count). The van der Waals surface area contributed by atoms with Gasteiger partial charge in [0.2, 0.25) is 0 Å². The Morgan fingerprint density at radius 3 is 2.42 bits per heavy atom. The summed E-state index contributed by atoms with van der Waals surface area (Å²) in [5.41, 5.74) is -6.35. The molecule has 4 nitrogen and oxygen atoms in total. The summed E-state index contributed by atoms with van der Waals surface area (Å²) < 4.78 is 67.6. The highest BCUT2D eigenvalue weighted by Crippen LogP contribution is 2.33. The van der Waals surface area contributed by atoms with Crippen LogP contribution in [-0.4, -0.2) is 17.6 Å². The Kier molecular flexibility index (Phi) is 4.28. The third kappa shape index (κ3) is 3.09. The molecule has 0 fully saturated rings. The van der Waals surface area contributed by atoms with Crippen LogP contribution in [0.2, 0.25) is 0 Å². The van der Waals surface area contributed by atoms with Gasteiger partial charge in [0, 0.05) is 11.8 Å². The molecule has 19 heavy (non-hydrogen) atoms. The highest BCUT2D eigenvalue weighted by molar-refractivity contribution is 5.93. The minimum Gasteiger partial charge on any atom is -0.462 e. The van der Waals surface area contributed by atoms with Crippen molar-refractivity contribution >= 4 is 5.97 Å². The summed E-state index contributed by atoms with van der Waals surface area (Å²) in [5, 5.41) is 0. The SMILES string of the molecule is CCOC(=O)c1c(C(F)F)c[nH]c(=O)c1C(F)(F)F. The first-order chi connectivity index (χ1) is 8.70. The molecule has 0 radical (unpaired) electrons. The fraction of sp³-hybridized carbons (Fsp3) is 0.400. The molecule has 0 aliphatic rings. The van der Waals surface area contributed by atoms with Crippen molar-refractivity contribution in [1.29, 1.82) is 0 Å². The Hall–Kier alpha value is -1.93. The molecule has 0 aliphatic heterocycles. The molecule has 1 heterocycles. The number of hydrogen-bond acceptors (Lipinski definition) is 3. The number of ether oxygens (including phenoxy) is 1. The maximum absolute atomic E-state index is 12.7. The van der Waals surface area contributed by atoms with E-state index in [0.717, 1.165) is 0 Å². The van der Waals surface area contributed by atoms with Gasteiger partial charge in [-0.25, -0.2) is 13.6 Å². The summed E-state index contributed by atoms with van der Waals surface area (Å²) in [6.45, 7) is 0.978. The van der Waals surface area contributed by atoms with Gasteiger partial charge in [0.1, 0.15) is 5.56 Å². The molecule has 1 aromatic rings. The van der Waals surface area contributed by atoms with Crippen LogP contribution in [0, 0.1) is 0 Å². The standard InChI is InChI=1S/C10H8F5NO3/c1-2-19-9(18)5-4(7(11)12)3-16-8(17)6(5)10(13,14)15/h3,7H,2H2,1H3,(H,16,17). The zero-order valence-electron chi connectivity index (χ0n) is 9.48. The van der Waals surface area contributed by atoms with Crippen molar-refractivity contribution in [3.8, 4) is 0 Å². The Labute approximate surface area is 103 Å². The molecule has 0 atom stereocenters. The van der Waals surface area contributed by atoms with Crippen molar-refractivity contribution in [1.82, 2.24) is 4.98 Å². The zero-order chi connectivity index (χ0) is 14.8. The molecule has 1 aromatic heterocycles. The lowest BCUT2D eigenvalue weighted by molar-refractivity contribution is -0.139. The first-order valence-electron chi connectivity index (χ1n) is 4.98. The van der Waals surface area contributed by atoms with Crippen LogP contribution in [0.25, 0.3) is 0 Å². The summed E-state index contributed by atoms with van der Waals surface area (Å²) in [7, 11) is 0. The molecule has 0 spiro atoms. The van der Waals surface area contributed by atoms with Crippen LogP contribution in [0.5, 0.6) is 0 Å². The first-order valence-corrected chi connectivity index (χ1v) is 4.98. The molecule has 0 unspecified atom stereocenters. The quantitative estimate of drug-likeness (QED) is 0.685. The number of nitrogens with one attached hydrogen (secondary N) is 1. The van der Waals surface area contributed by atoms with E-state index in [0.29, 0.717) is 6.20 Å². The van der Waals surface area contributed by atoms with Gasteiger partial charge in [0.15, 0.2) is 0 Å². The van der Waals surface area contributed by atoms with Crippen LogP contribution in [0.3, 0.4) is 0 Å². The van der Waals surface area contributed by atoms with Crippen LogP contribution in [0.4, 0.5) is 22.0 Å². The molecule has 106 valence electrons. The number of H-pyrrole nitrogens is 1. The van der Waals surface area contributed by atoms with E-state index < -0.39 is 40.8 Å². The predicted octanol–water partition coefficient (Wildman–Crippen LogP) is 2.51. The van der Waals surface area contributed by atoms with E-state index in [2.05, 4.69) is 4.74 Å². The van der Waals surface area contributed by atoms with Crippen molar-refractivity contribution in [2.45, 2.75) is 19.5 Å². The van der Waals surface area contributed by atoms with E-state index in [1.165, 1.54) is 11.9 Å². The third-order valence-electron chi connectivity index (χ3n) is 2.12. The maximum Gasteiger partial charge on any atom is 0.422 e. The topological polar surface area (TPSA) is 59.2 Å². The Morgan fingerprint density at radius 1 is 1.42 bits per heavy atom. The van der Waals surface area contributed by atoms with Crippen LogP contribution in [0.15, 0.2) is 11.0 Å². The number of esters is 1. The Bertz CT molecular complexity index is 535. The van der Waals surface area contributed by atoms with Gasteiger partial charge >= 0.3 is 12.1 Å². The van der Waals surface area contributed by atoms with E-state index in [9.17, 15) is 31.5 Å². The van der Waals surface area contributed by atoms with Crippen molar-refractivity contribution < 1.29 is 31.5 Å². The number of aromatic amines is 1. The summed E-state index contributed by atoms with van der Waals surface area (Å²) in [6.07, 6.45) is -8.24. The van der Waals surface area contributed by atoms with Crippen LogP contribution >= 0.6 is 0 Å². The first kappa shape index (κ1) is 15.1. The molecule has 0 saturated heterocycles. The number of rotatable bonds is 3. The van der Waals surface area contributed by atoms with E-state index in [1.807, 2.05) is 0 Å². The second-order valence-corrected chi connectivity index (χ2v) is 3.34. The van der Waals surface area contributed by atoms with Crippen molar-refractivity contribution in [2.24, 2.45) is 0 Å². The molecule has 0 saturated carbocycles. The lowest BCUT2D eigenvalue weighted by Gasteiger charge is -2.14. The molecule has 9 heteroatoms. The lowest BCUT2D eigenvalue weighted by atomic mass is 10.0. The summed E-state index contributed by atoms with van der Waals surface area (Å²) >= 11 is 0. The van der Waals surface area contributed by atoms with Crippen molar-refractivity contribution in [3.63, 3.8) is 0 Å².